The number of benzene rings is 1. The smallest absolute Gasteiger partial charge is 0.242 e. The number of hydrogen-bond donors (Lipinski definition) is 3. The van der Waals surface area contributed by atoms with Crippen molar-refractivity contribution in [2.45, 2.75) is 17.4 Å². The Kier molecular flexibility index (Phi) is 4.36. The van der Waals surface area contributed by atoms with Gasteiger partial charge in [-0.15, -0.1) is 0 Å². The van der Waals surface area contributed by atoms with E-state index in [9.17, 15) is 13.5 Å². The van der Waals surface area contributed by atoms with Crippen LogP contribution >= 0.6 is 0 Å². The fourth-order valence-electron chi connectivity index (χ4n) is 1.81. The number of hydrogen-bond acceptors (Lipinski definition) is 3. The van der Waals surface area contributed by atoms with Crippen molar-refractivity contribution in [3.63, 3.8) is 0 Å². The Morgan fingerprint density at radius 3 is 2.53 bits per heavy atom. The van der Waals surface area contributed by atoms with E-state index in [1.165, 1.54) is 12.3 Å². The third-order valence-electron chi connectivity index (χ3n) is 2.75. The summed E-state index contributed by atoms with van der Waals surface area (Å²) >= 11 is 0. The molecule has 1 atom stereocenters. The Labute approximate surface area is 112 Å². The van der Waals surface area contributed by atoms with Gasteiger partial charge in [0.25, 0.3) is 0 Å². The number of aromatic nitrogens is 1. The second-order valence-electron chi connectivity index (χ2n) is 4.24. The molecule has 3 N–H and O–H groups in total. The minimum Gasteiger partial charge on any atom is -0.395 e. The van der Waals surface area contributed by atoms with Crippen molar-refractivity contribution in [2.24, 2.45) is 0 Å². The van der Waals surface area contributed by atoms with Crippen molar-refractivity contribution in [3.8, 4) is 0 Å². The molecule has 0 saturated heterocycles. The summed E-state index contributed by atoms with van der Waals surface area (Å²) in [4.78, 5) is 2.86. The molecular formula is C13H16N2O3S. The summed E-state index contributed by atoms with van der Waals surface area (Å²) < 4.78 is 26.5. The van der Waals surface area contributed by atoms with E-state index >= 15 is 0 Å². The molecule has 0 unspecified atom stereocenters. The highest BCUT2D eigenvalue weighted by Gasteiger charge is 2.20. The van der Waals surface area contributed by atoms with Crippen LogP contribution in [0, 0.1) is 0 Å². The Balaban J connectivity index is 2.08. The molecule has 1 aromatic carbocycles. The molecule has 0 aliphatic carbocycles. The zero-order valence-corrected chi connectivity index (χ0v) is 11.1. The topological polar surface area (TPSA) is 82.2 Å². The molecule has 0 radical (unpaired) electrons. The van der Waals surface area contributed by atoms with Crippen molar-refractivity contribution in [2.75, 3.05) is 6.61 Å². The largest absolute Gasteiger partial charge is 0.395 e. The van der Waals surface area contributed by atoms with E-state index in [0.29, 0.717) is 6.42 Å². The highest BCUT2D eigenvalue weighted by Crippen LogP contribution is 2.09. The standard InChI is InChI=1S/C13H16N2O3S/c16-10-12(8-11-4-2-1-3-5-11)15-19(17,18)13-6-7-14-9-13/h1-7,9,12,14-16H,8,10H2/t12-/m1/s1. The van der Waals surface area contributed by atoms with Gasteiger partial charge in [0.2, 0.25) is 10.0 Å². The van der Waals surface area contributed by atoms with Crippen LogP contribution in [0.5, 0.6) is 0 Å². The monoisotopic (exact) mass is 280 g/mol. The van der Waals surface area contributed by atoms with E-state index in [1.807, 2.05) is 30.3 Å². The SMILES string of the molecule is O=S(=O)(N[C@@H](CO)Cc1ccccc1)c1cc[nH]c1. The maximum Gasteiger partial charge on any atom is 0.242 e. The van der Waals surface area contributed by atoms with Gasteiger partial charge >= 0.3 is 0 Å². The minimum absolute atomic E-state index is 0.166. The van der Waals surface area contributed by atoms with Gasteiger partial charge in [0.15, 0.2) is 0 Å². The molecule has 0 amide bonds. The lowest BCUT2D eigenvalue weighted by molar-refractivity contribution is 0.256. The molecule has 0 aliphatic heterocycles. The summed E-state index contributed by atoms with van der Waals surface area (Å²) in [5, 5.41) is 9.31. The van der Waals surface area contributed by atoms with Crippen LogP contribution in [0.2, 0.25) is 0 Å². The van der Waals surface area contributed by atoms with E-state index in [-0.39, 0.29) is 11.5 Å². The van der Waals surface area contributed by atoms with Gasteiger partial charge in [0.1, 0.15) is 0 Å². The highest BCUT2D eigenvalue weighted by atomic mass is 32.2. The quantitative estimate of drug-likeness (QED) is 0.735. The molecule has 19 heavy (non-hydrogen) atoms. The molecule has 102 valence electrons. The van der Waals surface area contributed by atoms with E-state index in [4.69, 9.17) is 0 Å². The molecule has 2 aromatic rings. The minimum atomic E-state index is -3.59. The summed E-state index contributed by atoms with van der Waals surface area (Å²) in [6.07, 6.45) is 3.39. The first-order valence-corrected chi connectivity index (χ1v) is 7.40. The van der Waals surface area contributed by atoms with Crippen LogP contribution in [-0.2, 0) is 16.4 Å². The summed E-state index contributed by atoms with van der Waals surface area (Å²) in [6, 6.07) is 10.4. The summed E-state index contributed by atoms with van der Waals surface area (Å²) in [7, 11) is -3.59. The predicted molar refractivity (Wildman–Crippen MR) is 72.1 cm³/mol. The zero-order valence-electron chi connectivity index (χ0n) is 10.3. The van der Waals surface area contributed by atoms with Crippen molar-refractivity contribution in [3.05, 3.63) is 54.4 Å². The van der Waals surface area contributed by atoms with E-state index in [1.54, 1.807) is 6.20 Å². The number of nitrogens with one attached hydrogen (secondary N) is 2. The number of aliphatic hydroxyl groups excluding tert-OH is 1. The Morgan fingerprint density at radius 1 is 1.21 bits per heavy atom. The maximum absolute atomic E-state index is 12.0. The lowest BCUT2D eigenvalue weighted by Gasteiger charge is -2.15. The highest BCUT2D eigenvalue weighted by molar-refractivity contribution is 7.89. The van der Waals surface area contributed by atoms with Gasteiger partial charge < -0.3 is 10.1 Å². The maximum atomic E-state index is 12.0. The van der Waals surface area contributed by atoms with Gasteiger partial charge in [-0.2, -0.15) is 0 Å². The molecule has 1 aromatic heterocycles. The molecule has 6 heteroatoms. The van der Waals surface area contributed by atoms with Crippen molar-refractivity contribution >= 4 is 10.0 Å². The predicted octanol–water partition coefficient (Wildman–Crippen LogP) is 0.897. The van der Waals surface area contributed by atoms with Gasteiger partial charge in [0, 0.05) is 18.4 Å². The van der Waals surface area contributed by atoms with Gasteiger partial charge in [0.05, 0.1) is 11.5 Å². The van der Waals surface area contributed by atoms with Crippen LogP contribution in [0.25, 0.3) is 0 Å². The second-order valence-corrected chi connectivity index (χ2v) is 5.95. The first kappa shape index (κ1) is 13.8. The van der Waals surface area contributed by atoms with Crippen molar-refractivity contribution in [1.29, 1.82) is 0 Å². The van der Waals surface area contributed by atoms with Crippen LogP contribution in [0.15, 0.2) is 53.7 Å². The van der Waals surface area contributed by atoms with Crippen LogP contribution in [0.1, 0.15) is 5.56 Å². The van der Waals surface area contributed by atoms with Gasteiger partial charge in [-0.3, -0.25) is 0 Å². The zero-order chi connectivity index (χ0) is 13.7. The van der Waals surface area contributed by atoms with Crippen LogP contribution in [0.3, 0.4) is 0 Å². The lowest BCUT2D eigenvalue weighted by Crippen LogP contribution is -2.38. The first-order valence-electron chi connectivity index (χ1n) is 5.92. The third-order valence-corrected chi connectivity index (χ3v) is 4.27. The second kappa shape index (κ2) is 6.01. The molecule has 0 fully saturated rings. The Morgan fingerprint density at radius 2 is 1.95 bits per heavy atom. The first-order chi connectivity index (χ1) is 9.12. The van der Waals surface area contributed by atoms with Crippen molar-refractivity contribution in [1.82, 2.24) is 9.71 Å². The Bertz CT molecular complexity index is 594. The Hall–Kier alpha value is -1.63. The fraction of sp³-hybridized carbons (Fsp3) is 0.231. The summed E-state index contributed by atoms with van der Waals surface area (Å²) in [6.45, 7) is -0.251. The molecule has 5 nitrogen and oxygen atoms in total. The number of rotatable bonds is 6. The normalized spacial score (nSPS) is 13.3. The fourth-order valence-corrected chi connectivity index (χ4v) is 3.01. The molecule has 0 saturated carbocycles. The molecule has 2 rings (SSSR count). The van der Waals surface area contributed by atoms with Crippen molar-refractivity contribution < 1.29 is 13.5 Å². The van der Waals surface area contributed by atoms with Gasteiger partial charge in [-0.25, -0.2) is 13.1 Å². The van der Waals surface area contributed by atoms with Crippen LogP contribution < -0.4 is 4.72 Å². The summed E-state index contributed by atoms with van der Waals surface area (Å²) in [5.41, 5.74) is 0.971. The molecule has 0 bridgehead atoms. The van der Waals surface area contributed by atoms with E-state index < -0.39 is 16.1 Å². The van der Waals surface area contributed by atoms with Crippen LogP contribution in [0.4, 0.5) is 0 Å². The molecule has 0 aliphatic rings. The summed E-state index contributed by atoms with van der Waals surface area (Å²) in [5.74, 6) is 0. The molecule has 1 heterocycles. The lowest BCUT2D eigenvalue weighted by atomic mass is 10.1. The van der Waals surface area contributed by atoms with Gasteiger partial charge in [-0.05, 0) is 18.1 Å². The van der Waals surface area contributed by atoms with Crippen LogP contribution in [-0.4, -0.2) is 31.2 Å². The molecule has 0 spiro atoms. The van der Waals surface area contributed by atoms with Gasteiger partial charge in [-0.1, -0.05) is 30.3 Å². The van der Waals surface area contributed by atoms with E-state index in [2.05, 4.69) is 9.71 Å². The number of sulfonamides is 1. The van der Waals surface area contributed by atoms with E-state index in [0.717, 1.165) is 5.56 Å². The average molecular weight is 280 g/mol. The number of aliphatic hydroxyl groups is 1. The average Bonchev–Trinajstić information content (AvgIpc) is 2.93. The third kappa shape index (κ3) is 3.66. The molecular weight excluding hydrogens is 264 g/mol. The number of aromatic amines is 1. The number of H-pyrrole nitrogens is 1.